The second kappa shape index (κ2) is 7.28. The van der Waals surface area contributed by atoms with Crippen molar-refractivity contribution in [2.24, 2.45) is 7.05 Å². The van der Waals surface area contributed by atoms with Gasteiger partial charge in [0.2, 0.25) is 5.91 Å². The smallest absolute Gasteiger partial charge is 0.220 e. The summed E-state index contributed by atoms with van der Waals surface area (Å²) in [5, 5.41) is 10.4. The van der Waals surface area contributed by atoms with Crippen LogP contribution in [-0.4, -0.2) is 48.4 Å². The van der Waals surface area contributed by atoms with E-state index in [1.54, 1.807) is 0 Å². The van der Waals surface area contributed by atoms with Crippen molar-refractivity contribution < 1.29 is 4.79 Å². The summed E-state index contributed by atoms with van der Waals surface area (Å²) in [5.74, 6) is 0.165. The zero-order valence-corrected chi connectivity index (χ0v) is 12.4. The molecule has 2 N–H and O–H groups in total. The van der Waals surface area contributed by atoms with Crippen LogP contribution in [0.1, 0.15) is 25.7 Å². The monoisotopic (exact) mass is 279 g/mol. The molecule has 112 valence electrons. The number of carbonyl (C=O) groups is 1. The number of aromatic nitrogens is 2. The van der Waals surface area contributed by atoms with Crippen LogP contribution < -0.4 is 15.5 Å². The summed E-state index contributed by atoms with van der Waals surface area (Å²) < 4.78 is 1.81. The summed E-state index contributed by atoms with van der Waals surface area (Å²) in [7, 11) is 3.83. The first-order chi connectivity index (χ1) is 9.69. The van der Waals surface area contributed by atoms with Gasteiger partial charge in [-0.1, -0.05) is 0 Å². The van der Waals surface area contributed by atoms with Gasteiger partial charge in [0, 0.05) is 38.8 Å². The summed E-state index contributed by atoms with van der Waals surface area (Å²) in [6, 6.07) is 0.256. The molecule has 0 aliphatic carbocycles. The molecular weight excluding hydrogens is 254 g/mol. The molecule has 1 atom stereocenters. The highest BCUT2D eigenvalue weighted by Crippen LogP contribution is 2.19. The number of rotatable bonds is 6. The molecule has 0 saturated carbocycles. The first-order valence-electron chi connectivity index (χ1n) is 7.36. The van der Waals surface area contributed by atoms with Gasteiger partial charge in [-0.05, 0) is 32.9 Å². The van der Waals surface area contributed by atoms with Crippen molar-refractivity contribution in [2.75, 3.05) is 31.6 Å². The fourth-order valence-corrected chi connectivity index (χ4v) is 2.63. The summed E-state index contributed by atoms with van der Waals surface area (Å²) in [5.41, 5.74) is 1.14. The molecule has 1 aromatic rings. The number of amides is 1. The normalized spacial score (nSPS) is 19.1. The van der Waals surface area contributed by atoms with Gasteiger partial charge in [0.15, 0.2) is 0 Å². The van der Waals surface area contributed by atoms with Gasteiger partial charge < -0.3 is 15.5 Å². The predicted octanol–water partition coefficient (Wildman–Crippen LogP) is 0.505. The number of anilines is 1. The van der Waals surface area contributed by atoms with Crippen LogP contribution >= 0.6 is 0 Å². The minimum Gasteiger partial charge on any atom is -0.367 e. The van der Waals surface area contributed by atoms with Crippen LogP contribution in [-0.2, 0) is 11.8 Å². The zero-order valence-electron chi connectivity index (χ0n) is 12.4. The Morgan fingerprint density at radius 2 is 2.40 bits per heavy atom. The molecule has 1 fully saturated rings. The topological polar surface area (TPSA) is 62.2 Å². The largest absolute Gasteiger partial charge is 0.367 e. The number of hydrogen-bond donors (Lipinski definition) is 2. The Morgan fingerprint density at radius 3 is 3.10 bits per heavy atom. The van der Waals surface area contributed by atoms with Crippen LogP contribution in [0.25, 0.3) is 0 Å². The lowest BCUT2D eigenvalue weighted by Gasteiger charge is -2.33. The van der Waals surface area contributed by atoms with Crippen LogP contribution in [0.5, 0.6) is 0 Å². The number of carbonyl (C=O) groups excluding carboxylic acids is 1. The maximum atomic E-state index is 11.9. The van der Waals surface area contributed by atoms with E-state index in [0.29, 0.717) is 6.42 Å². The molecule has 1 aliphatic heterocycles. The Balaban J connectivity index is 1.80. The average molecular weight is 279 g/mol. The maximum absolute atomic E-state index is 11.9. The van der Waals surface area contributed by atoms with E-state index in [-0.39, 0.29) is 11.9 Å². The lowest BCUT2D eigenvalue weighted by Crippen LogP contribution is -2.47. The molecule has 2 rings (SSSR count). The quantitative estimate of drug-likeness (QED) is 0.745. The van der Waals surface area contributed by atoms with Crippen molar-refractivity contribution in [1.29, 1.82) is 0 Å². The van der Waals surface area contributed by atoms with E-state index >= 15 is 0 Å². The van der Waals surface area contributed by atoms with E-state index in [4.69, 9.17) is 0 Å². The summed E-state index contributed by atoms with van der Waals surface area (Å²) in [6.45, 7) is 2.81. The predicted molar refractivity (Wildman–Crippen MR) is 79.7 cm³/mol. The minimum atomic E-state index is 0.165. The van der Waals surface area contributed by atoms with Gasteiger partial charge >= 0.3 is 0 Å². The molecule has 0 spiro atoms. The minimum absolute atomic E-state index is 0.165. The third-order valence-electron chi connectivity index (χ3n) is 3.67. The van der Waals surface area contributed by atoms with Crippen LogP contribution in [0.2, 0.25) is 0 Å². The van der Waals surface area contributed by atoms with E-state index in [1.807, 2.05) is 31.2 Å². The van der Waals surface area contributed by atoms with Gasteiger partial charge in [-0.2, -0.15) is 5.10 Å². The molecule has 0 bridgehead atoms. The lowest BCUT2D eigenvalue weighted by molar-refractivity contribution is -0.121. The van der Waals surface area contributed by atoms with E-state index in [9.17, 15) is 4.79 Å². The summed E-state index contributed by atoms with van der Waals surface area (Å²) >= 11 is 0. The summed E-state index contributed by atoms with van der Waals surface area (Å²) in [4.78, 5) is 14.2. The third kappa shape index (κ3) is 4.23. The maximum Gasteiger partial charge on any atom is 0.220 e. The average Bonchev–Trinajstić information content (AvgIpc) is 2.86. The molecule has 1 aromatic heterocycles. The third-order valence-corrected chi connectivity index (χ3v) is 3.67. The number of nitrogens with one attached hydrogen (secondary N) is 2. The fourth-order valence-electron chi connectivity index (χ4n) is 2.63. The van der Waals surface area contributed by atoms with E-state index < -0.39 is 0 Å². The van der Waals surface area contributed by atoms with E-state index in [2.05, 4.69) is 20.6 Å². The molecule has 2 heterocycles. The number of nitrogens with zero attached hydrogens (tertiary/aromatic N) is 3. The summed E-state index contributed by atoms with van der Waals surface area (Å²) in [6.07, 6.45) is 7.57. The van der Waals surface area contributed by atoms with Crippen molar-refractivity contribution in [3.05, 3.63) is 12.4 Å². The van der Waals surface area contributed by atoms with Crippen molar-refractivity contribution in [1.82, 2.24) is 20.4 Å². The van der Waals surface area contributed by atoms with Crippen molar-refractivity contribution in [3.8, 4) is 0 Å². The molecule has 20 heavy (non-hydrogen) atoms. The van der Waals surface area contributed by atoms with E-state index in [1.165, 1.54) is 0 Å². The van der Waals surface area contributed by atoms with Crippen molar-refractivity contribution in [3.63, 3.8) is 0 Å². The second-order valence-corrected chi connectivity index (χ2v) is 5.43. The molecule has 1 amide bonds. The standard InChI is InChI=1S/C14H25N5O/c1-15-7-3-6-14(20)17-12-5-4-8-19(10-12)13-9-16-18(2)11-13/h9,11-12,15H,3-8,10H2,1-2H3,(H,17,20). The van der Waals surface area contributed by atoms with Gasteiger partial charge in [0.25, 0.3) is 0 Å². The highest BCUT2D eigenvalue weighted by atomic mass is 16.1. The molecule has 6 nitrogen and oxygen atoms in total. The Labute approximate surface area is 120 Å². The van der Waals surface area contributed by atoms with Gasteiger partial charge in [0.1, 0.15) is 0 Å². The molecule has 6 heteroatoms. The highest BCUT2D eigenvalue weighted by Gasteiger charge is 2.22. The Hall–Kier alpha value is -1.56. The molecule has 1 aliphatic rings. The van der Waals surface area contributed by atoms with Crippen LogP contribution in [0.3, 0.4) is 0 Å². The first-order valence-corrected chi connectivity index (χ1v) is 7.36. The SMILES string of the molecule is CNCCCC(=O)NC1CCCN(c2cnn(C)c2)C1. The zero-order chi connectivity index (χ0) is 14.4. The van der Waals surface area contributed by atoms with Crippen LogP contribution in [0.4, 0.5) is 5.69 Å². The van der Waals surface area contributed by atoms with Gasteiger partial charge in [-0.25, -0.2) is 0 Å². The second-order valence-electron chi connectivity index (χ2n) is 5.43. The Morgan fingerprint density at radius 1 is 1.55 bits per heavy atom. The molecular formula is C14H25N5O. The molecule has 1 unspecified atom stereocenters. The Kier molecular flexibility index (Phi) is 5.40. The molecule has 0 aromatic carbocycles. The van der Waals surface area contributed by atoms with Crippen molar-refractivity contribution >= 4 is 11.6 Å². The Bertz CT molecular complexity index is 431. The van der Waals surface area contributed by atoms with E-state index in [0.717, 1.165) is 44.6 Å². The number of hydrogen-bond acceptors (Lipinski definition) is 4. The van der Waals surface area contributed by atoms with Gasteiger partial charge in [0.05, 0.1) is 11.9 Å². The van der Waals surface area contributed by atoms with Crippen LogP contribution in [0, 0.1) is 0 Å². The fraction of sp³-hybridized carbons (Fsp3) is 0.714. The van der Waals surface area contributed by atoms with Gasteiger partial charge in [-0.15, -0.1) is 0 Å². The number of piperidine rings is 1. The lowest BCUT2D eigenvalue weighted by atomic mass is 10.1. The molecule has 1 saturated heterocycles. The molecule has 0 radical (unpaired) electrons. The van der Waals surface area contributed by atoms with Gasteiger partial charge in [-0.3, -0.25) is 9.48 Å². The highest BCUT2D eigenvalue weighted by molar-refractivity contribution is 5.76. The van der Waals surface area contributed by atoms with Crippen LogP contribution in [0.15, 0.2) is 12.4 Å². The van der Waals surface area contributed by atoms with Crippen molar-refractivity contribution in [2.45, 2.75) is 31.7 Å². The number of aryl methyl sites for hydroxylation is 1. The first kappa shape index (κ1) is 14.8.